The van der Waals surface area contributed by atoms with Crippen LogP contribution in [0.2, 0.25) is 0 Å². The smallest absolute Gasteiger partial charge is 0.268 e. The van der Waals surface area contributed by atoms with E-state index in [0.717, 1.165) is 24.1 Å². The number of aromatic nitrogens is 1. The predicted molar refractivity (Wildman–Crippen MR) is 80.5 cm³/mol. The predicted octanol–water partition coefficient (Wildman–Crippen LogP) is 3.50. The van der Waals surface area contributed by atoms with Crippen molar-refractivity contribution in [2.45, 2.75) is 33.2 Å². The van der Waals surface area contributed by atoms with E-state index in [1.54, 1.807) is 10.6 Å². The van der Waals surface area contributed by atoms with E-state index in [1.165, 1.54) is 5.56 Å². The van der Waals surface area contributed by atoms with E-state index < -0.39 is 0 Å². The Hall–Kier alpha value is -2.34. The van der Waals surface area contributed by atoms with Gasteiger partial charge in [0.25, 0.3) is 5.56 Å². The summed E-state index contributed by atoms with van der Waals surface area (Å²) in [7, 11) is 0. The molecule has 2 aromatic rings. The molecule has 20 heavy (non-hydrogen) atoms. The molecule has 0 radical (unpaired) electrons. The Morgan fingerprint density at radius 3 is 2.45 bits per heavy atom. The first-order valence-electron chi connectivity index (χ1n) is 6.88. The fourth-order valence-corrected chi connectivity index (χ4v) is 2.18. The summed E-state index contributed by atoms with van der Waals surface area (Å²) in [6.07, 6.45) is 1.93. The average molecular weight is 266 g/mol. The van der Waals surface area contributed by atoms with Gasteiger partial charge in [0, 0.05) is 6.54 Å². The molecule has 1 aromatic carbocycles. The second-order valence-corrected chi connectivity index (χ2v) is 4.92. The van der Waals surface area contributed by atoms with Gasteiger partial charge in [-0.15, -0.1) is 0 Å². The number of hydrogen-bond acceptors (Lipinski definition) is 2. The molecule has 0 atom stereocenters. The molecule has 0 saturated heterocycles. The zero-order valence-electron chi connectivity index (χ0n) is 11.9. The van der Waals surface area contributed by atoms with Crippen LogP contribution < -0.4 is 5.56 Å². The van der Waals surface area contributed by atoms with Gasteiger partial charge in [0.05, 0.1) is 5.69 Å². The minimum absolute atomic E-state index is 0.195. The fourth-order valence-electron chi connectivity index (χ4n) is 2.18. The third kappa shape index (κ3) is 2.80. The summed E-state index contributed by atoms with van der Waals surface area (Å²) in [6, 6.07) is 13.5. The van der Waals surface area contributed by atoms with Crippen molar-refractivity contribution < 1.29 is 0 Å². The molecule has 0 bridgehead atoms. The van der Waals surface area contributed by atoms with Crippen molar-refractivity contribution in [3.05, 3.63) is 57.9 Å². The van der Waals surface area contributed by atoms with Gasteiger partial charge in [-0.25, -0.2) is 0 Å². The van der Waals surface area contributed by atoms with E-state index >= 15 is 0 Å². The zero-order chi connectivity index (χ0) is 14.5. The third-order valence-electron chi connectivity index (χ3n) is 3.38. The van der Waals surface area contributed by atoms with Crippen LogP contribution in [-0.2, 0) is 6.54 Å². The van der Waals surface area contributed by atoms with Gasteiger partial charge in [0.2, 0.25) is 0 Å². The molecule has 3 nitrogen and oxygen atoms in total. The summed E-state index contributed by atoms with van der Waals surface area (Å²) in [6.45, 7) is 4.77. The maximum Gasteiger partial charge on any atom is 0.268 e. The van der Waals surface area contributed by atoms with Crippen LogP contribution >= 0.6 is 0 Å². The molecule has 2 rings (SSSR count). The van der Waals surface area contributed by atoms with Gasteiger partial charge in [-0.2, -0.15) is 5.26 Å². The minimum Gasteiger partial charge on any atom is -0.307 e. The molecule has 0 fully saturated rings. The van der Waals surface area contributed by atoms with Crippen molar-refractivity contribution in [2.24, 2.45) is 0 Å². The Morgan fingerprint density at radius 2 is 1.85 bits per heavy atom. The van der Waals surface area contributed by atoms with Crippen molar-refractivity contribution in [3.63, 3.8) is 0 Å². The molecule has 0 aliphatic heterocycles. The van der Waals surface area contributed by atoms with Crippen molar-refractivity contribution in [3.8, 4) is 17.3 Å². The van der Waals surface area contributed by atoms with E-state index in [2.05, 4.69) is 6.92 Å². The second-order valence-electron chi connectivity index (χ2n) is 4.92. The van der Waals surface area contributed by atoms with Crippen molar-refractivity contribution >= 4 is 0 Å². The first-order chi connectivity index (χ1) is 9.67. The molecule has 0 aliphatic rings. The molecule has 0 aliphatic carbocycles. The number of benzene rings is 1. The molecule has 0 N–H and O–H groups in total. The van der Waals surface area contributed by atoms with Gasteiger partial charge >= 0.3 is 0 Å². The number of unbranched alkanes of at least 4 members (excludes halogenated alkanes) is 1. The quantitative estimate of drug-likeness (QED) is 0.850. The summed E-state index contributed by atoms with van der Waals surface area (Å²) in [4.78, 5) is 12.3. The topological polar surface area (TPSA) is 45.8 Å². The Morgan fingerprint density at radius 1 is 1.15 bits per heavy atom. The Balaban J connectivity index is 2.57. The number of pyridine rings is 1. The number of aryl methyl sites for hydroxylation is 1. The van der Waals surface area contributed by atoms with E-state index in [-0.39, 0.29) is 11.1 Å². The fraction of sp³-hybridized carbons (Fsp3) is 0.294. The molecular formula is C17H18N2O. The molecule has 1 heterocycles. The SMILES string of the molecule is CCCCn1c(-c2ccc(C)cc2)ccc(C#N)c1=O. The highest BCUT2D eigenvalue weighted by molar-refractivity contribution is 5.60. The maximum absolute atomic E-state index is 12.3. The van der Waals surface area contributed by atoms with E-state index in [9.17, 15) is 4.79 Å². The van der Waals surface area contributed by atoms with Crippen LogP contribution in [0.3, 0.4) is 0 Å². The van der Waals surface area contributed by atoms with Crippen LogP contribution in [0.4, 0.5) is 0 Å². The van der Waals surface area contributed by atoms with Gasteiger partial charge < -0.3 is 4.57 Å². The van der Waals surface area contributed by atoms with Gasteiger partial charge in [0.1, 0.15) is 11.6 Å². The van der Waals surface area contributed by atoms with Crippen LogP contribution in [0.15, 0.2) is 41.2 Å². The van der Waals surface area contributed by atoms with Gasteiger partial charge in [-0.1, -0.05) is 43.2 Å². The molecule has 0 saturated carbocycles. The average Bonchev–Trinajstić information content (AvgIpc) is 2.47. The lowest BCUT2D eigenvalue weighted by Gasteiger charge is -2.13. The minimum atomic E-state index is -0.195. The first-order valence-corrected chi connectivity index (χ1v) is 6.88. The Labute approximate surface area is 119 Å². The molecule has 102 valence electrons. The summed E-state index contributed by atoms with van der Waals surface area (Å²) in [5.74, 6) is 0. The summed E-state index contributed by atoms with van der Waals surface area (Å²) < 4.78 is 1.72. The van der Waals surface area contributed by atoms with Crippen LogP contribution in [0.1, 0.15) is 30.9 Å². The van der Waals surface area contributed by atoms with Gasteiger partial charge in [-0.05, 0) is 31.0 Å². The molecular weight excluding hydrogens is 248 g/mol. The van der Waals surface area contributed by atoms with Crippen LogP contribution in [0, 0.1) is 18.3 Å². The number of nitriles is 1. The highest BCUT2D eigenvalue weighted by Crippen LogP contribution is 2.19. The standard InChI is InChI=1S/C17H18N2O/c1-3-4-11-19-16(10-9-15(12-18)17(19)20)14-7-5-13(2)6-8-14/h5-10H,3-4,11H2,1-2H3. The lowest BCUT2D eigenvalue weighted by molar-refractivity contribution is 0.617. The Kier molecular flexibility index (Phi) is 4.37. The maximum atomic E-state index is 12.3. The number of nitrogens with zero attached hydrogens (tertiary/aromatic N) is 2. The highest BCUT2D eigenvalue weighted by atomic mass is 16.1. The molecule has 0 amide bonds. The van der Waals surface area contributed by atoms with Crippen LogP contribution in [0.25, 0.3) is 11.3 Å². The second kappa shape index (κ2) is 6.21. The normalized spacial score (nSPS) is 10.2. The van der Waals surface area contributed by atoms with Gasteiger partial charge in [0.15, 0.2) is 0 Å². The third-order valence-corrected chi connectivity index (χ3v) is 3.38. The first kappa shape index (κ1) is 14.1. The largest absolute Gasteiger partial charge is 0.307 e. The molecule has 0 unspecified atom stereocenters. The van der Waals surface area contributed by atoms with Crippen molar-refractivity contribution in [2.75, 3.05) is 0 Å². The number of hydrogen-bond donors (Lipinski definition) is 0. The molecule has 0 spiro atoms. The molecule has 1 aromatic heterocycles. The highest BCUT2D eigenvalue weighted by Gasteiger charge is 2.09. The summed E-state index contributed by atoms with van der Waals surface area (Å²) in [5.41, 5.74) is 3.08. The zero-order valence-corrected chi connectivity index (χ0v) is 11.9. The summed E-state index contributed by atoms with van der Waals surface area (Å²) in [5, 5.41) is 9.00. The van der Waals surface area contributed by atoms with E-state index in [4.69, 9.17) is 5.26 Å². The van der Waals surface area contributed by atoms with Crippen LogP contribution in [0.5, 0.6) is 0 Å². The Bertz CT molecular complexity index is 690. The number of rotatable bonds is 4. The lowest BCUT2D eigenvalue weighted by atomic mass is 10.1. The summed E-state index contributed by atoms with van der Waals surface area (Å²) >= 11 is 0. The van der Waals surface area contributed by atoms with E-state index in [0.29, 0.717) is 6.54 Å². The van der Waals surface area contributed by atoms with Crippen molar-refractivity contribution in [1.82, 2.24) is 4.57 Å². The molecule has 3 heteroatoms. The van der Waals surface area contributed by atoms with Crippen molar-refractivity contribution in [1.29, 1.82) is 5.26 Å². The van der Waals surface area contributed by atoms with Crippen LogP contribution in [-0.4, -0.2) is 4.57 Å². The lowest BCUT2D eigenvalue weighted by Crippen LogP contribution is -2.24. The monoisotopic (exact) mass is 266 g/mol. The van der Waals surface area contributed by atoms with E-state index in [1.807, 2.05) is 43.3 Å². The van der Waals surface area contributed by atoms with Gasteiger partial charge in [-0.3, -0.25) is 4.79 Å².